The lowest BCUT2D eigenvalue weighted by Crippen LogP contribution is -2.23. The molecular formula is C7H16O2S. The molecular weight excluding hydrogens is 148 g/mol. The van der Waals surface area contributed by atoms with Gasteiger partial charge in [0.25, 0.3) is 0 Å². The lowest BCUT2D eigenvalue weighted by Gasteiger charge is -2.15. The molecule has 0 aliphatic rings. The molecule has 0 aliphatic carbocycles. The lowest BCUT2D eigenvalue weighted by atomic mass is 10.1. The van der Waals surface area contributed by atoms with Crippen LogP contribution in [0.25, 0.3) is 0 Å². The minimum Gasteiger partial charge on any atom is -0.229 e. The zero-order chi connectivity index (χ0) is 8.36. The first-order valence-corrected chi connectivity index (χ1v) is 5.54. The standard InChI is InChI=1S/C7H16O2S/c1-5-6(2)7(3)10(4,8)9/h6-7H,5H2,1-4H3. The summed E-state index contributed by atoms with van der Waals surface area (Å²) >= 11 is 0. The highest BCUT2D eigenvalue weighted by molar-refractivity contribution is 7.91. The normalized spacial score (nSPS) is 18.4. The first kappa shape index (κ1) is 9.95. The van der Waals surface area contributed by atoms with Crippen molar-refractivity contribution < 1.29 is 8.42 Å². The molecule has 0 aromatic rings. The van der Waals surface area contributed by atoms with Crippen molar-refractivity contribution in [3.8, 4) is 0 Å². The summed E-state index contributed by atoms with van der Waals surface area (Å²) in [5, 5.41) is -0.197. The summed E-state index contributed by atoms with van der Waals surface area (Å²) < 4.78 is 21.9. The van der Waals surface area contributed by atoms with E-state index in [1.165, 1.54) is 6.26 Å². The van der Waals surface area contributed by atoms with Crippen molar-refractivity contribution in [2.45, 2.75) is 32.4 Å². The molecule has 0 aromatic heterocycles. The molecule has 0 aliphatic heterocycles. The quantitative estimate of drug-likeness (QED) is 0.633. The van der Waals surface area contributed by atoms with Crippen LogP contribution in [0, 0.1) is 5.92 Å². The van der Waals surface area contributed by atoms with Crippen LogP contribution in [0.3, 0.4) is 0 Å². The Morgan fingerprint density at radius 1 is 1.30 bits per heavy atom. The molecule has 0 N–H and O–H groups in total. The van der Waals surface area contributed by atoms with Gasteiger partial charge < -0.3 is 0 Å². The average molecular weight is 164 g/mol. The largest absolute Gasteiger partial charge is 0.229 e. The van der Waals surface area contributed by atoms with Gasteiger partial charge in [-0.05, 0) is 12.8 Å². The molecule has 0 saturated heterocycles. The Labute approximate surface area is 63.6 Å². The number of rotatable bonds is 3. The SMILES string of the molecule is CCC(C)C(C)S(C)(=O)=O. The molecule has 0 heterocycles. The molecule has 0 bridgehead atoms. The van der Waals surface area contributed by atoms with E-state index < -0.39 is 9.84 Å². The summed E-state index contributed by atoms with van der Waals surface area (Å²) in [6, 6.07) is 0. The molecule has 10 heavy (non-hydrogen) atoms. The summed E-state index contributed by atoms with van der Waals surface area (Å²) in [7, 11) is -2.81. The smallest absolute Gasteiger partial charge is 0.150 e. The van der Waals surface area contributed by atoms with E-state index in [-0.39, 0.29) is 11.2 Å². The highest BCUT2D eigenvalue weighted by Gasteiger charge is 2.19. The van der Waals surface area contributed by atoms with Gasteiger partial charge in [-0.3, -0.25) is 0 Å². The van der Waals surface area contributed by atoms with Gasteiger partial charge in [0.1, 0.15) is 9.84 Å². The maximum atomic E-state index is 10.9. The Bertz CT molecular complexity index is 182. The van der Waals surface area contributed by atoms with Gasteiger partial charge in [0.2, 0.25) is 0 Å². The highest BCUT2D eigenvalue weighted by Crippen LogP contribution is 2.13. The molecule has 0 radical (unpaired) electrons. The minimum atomic E-state index is -2.81. The second kappa shape index (κ2) is 3.37. The van der Waals surface area contributed by atoms with Gasteiger partial charge >= 0.3 is 0 Å². The summed E-state index contributed by atoms with van der Waals surface area (Å²) in [4.78, 5) is 0. The summed E-state index contributed by atoms with van der Waals surface area (Å²) in [5.41, 5.74) is 0. The van der Waals surface area contributed by atoms with Gasteiger partial charge in [0.05, 0.1) is 5.25 Å². The van der Waals surface area contributed by atoms with E-state index in [4.69, 9.17) is 0 Å². The van der Waals surface area contributed by atoms with E-state index in [0.29, 0.717) is 0 Å². The van der Waals surface area contributed by atoms with E-state index >= 15 is 0 Å². The Kier molecular flexibility index (Phi) is 3.36. The van der Waals surface area contributed by atoms with Gasteiger partial charge in [-0.2, -0.15) is 0 Å². The molecule has 0 amide bonds. The maximum absolute atomic E-state index is 10.9. The van der Waals surface area contributed by atoms with Gasteiger partial charge in [0, 0.05) is 6.26 Å². The van der Waals surface area contributed by atoms with Gasteiger partial charge in [0.15, 0.2) is 0 Å². The van der Waals surface area contributed by atoms with Crippen LogP contribution in [0.4, 0.5) is 0 Å². The lowest BCUT2D eigenvalue weighted by molar-refractivity contribution is 0.513. The Morgan fingerprint density at radius 2 is 1.70 bits per heavy atom. The second-order valence-electron chi connectivity index (χ2n) is 2.92. The predicted octanol–water partition coefficient (Wildman–Crippen LogP) is 1.47. The van der Waals surface area contributed by atoms with Crippen LogP contribution in [0.2, 0.25) is 0 Å². The highest BCUT2D eigenvalue weighted by atomic mass is 32.2. The zero-order valence-electron chi connectivity index (χ0n) is 7.09. The first-order chi connectivity index (χ1) is 4.39. The molecule has 0 spiro atoms. The molecule has 2 nitrogen and oxygen atoms in total. The van der Waals surface area contributed by atoms with Crippen molar-refractivity contribution in [1.29, 1.82) is 0 Å². The maximum Gasteiger partial charge on any atom is 0.150 e. The van der Waals surface area contributed by atoms with Gasteiger partial charge in [-0.15, -0.1) is 0 Å². The predicted molar refractivity (Wildman–Crippen MR) is 43.8 cm³/mol. The van der Waals surface area contributed by atoms with Crippen LogP contribution in [0.15, 0.2) is 0 Å². The number of hydrogen-bond donors (Lipinski definition) is 0. The van der Waals surface area contributed by atoms with Crippen LogP contribution >= 0.6 is 0 Å². The zero-order valence-corrected chi connectivity index (χ0v) is 7.90. The van der Waals surface area contributed by atoms with Crippen molar-refractivity contribution in [2.75, 3.05) is 6.26 Å². The summed E-state index contributed by atoms with van der Waals surface area (Å²) in [5.74, 6) is 0.273. The summed E-state index contributed by atoms with van der Waals surface area (Å²) in [6.45, 7) is 5.74. The molecule has 62 valence electrons. The van der Waals surface area contributed by atoms with Crippen LogP contribution in [-0.2, 0) is 9.84 Å². The van der Waals surface area contributed by atoms with Gasteiger partial charge in [-0.25, -0.2) is 8.42 Å². The van der Waals surface area contributed by atoms with Crippen molar-refractivity contribution in [3.63, 3.8) is 0 Å². The summed E-state index contributed by atoms with van der Waals surface area (Å²) in [6.07, 6.45) is 2.22. The molecule has 0 aromatic carbocycles. The third-order valence-corrected chi connectivity index (χ3v) is 3.94. The fourth-order valence-electron chi connectivity index (χ4n) is 0.754. The fraction of sp³-hybridized carbons (Fsp3) is 1.00. The van der Waals surface area contributed by atoms with E-state index in [0.717, 1.165) is 6.42 Å². The Hall–Kier alpha value is -0.0500. The molecule has 0 fully saturated rings. The van der Waals surface area contributed by atoms with Crippen molar-refractivity contribution >= 4 is 9.84 Å². The second-order valence-corrected chi connectivity index (χ2v) is 5.32. The fourth-order valence-corrected chi connectivity index (χ4v) is 1.79. The average Bonchev–Trinajstić information content (AvgIpc) is 1.83. The van der Waals surface area contributed by atoms with Crippen molar-refractivity contribution in [2.24, 2.45) is 5.92 Å². The van der Waals surface area contributed by atoms with Crippen molar-refractivity contribution in [3.05, 3.63) is 0 Å². The van der Waals surface area contributed by atoms with E-state index in [1.807, 2.05) is 13.8 Å². The third-order valence-electron chi connectivity index (χ3n) is 2.12. The molecule has 0 rings (SSSR count). The van der Waals surface area contributed by atoms with Crippen LogP contribution in [-0.4, -0.2) is 19.9 Å². The molecule has 3 heteroatoms. The Balaban J connectivity index is 4.23. The molecule has 0 saturated carbocycles. The molecule has 2 unspecified atom stereocenters. The van der Waals surface area contributed by atoms with Crippen LogP contribution in [0.5, 0.6) is 0 Å². The first-order valence-electron chi connectivity index (χ1n) is 3.58. The monoisotopic (exact) mass is 164 g/mol. The van der Waals surface area contributed by atoms with Crippen LogP contribution < -0.4 is 0 Å². The number of sulfone groups is 1. The topological polar surface area (TPSA) is 34.1 Å². The van der Waals surface area contributed by atoms with Crippen molar-refractivity contribution in [1.82, 2.24) is 0 Å². The number of hydrogen-bond acceptors (Lipinski definition) is 2. The minimum absolute atomic E-state index is 0.197. The van der Waals surface area contributed by atoms with Gasteiger partial charge in [-0.1, -0.05) is 20.3 Å². The Morgan fingerprint density at radius 3 is 1.80 bits per heavy atom. The third kappa shape index (κ3) is 2.69. The van der Waals surface area contributed by atoms with Crippen LogP contribution in [0.1, 0.15) is 27.2 Å². The van der Waals surface area contributed by atoms with E-state index in [9.17, 15) is 8.42 Å². The molecule has 2 atom stereocenters. The van der Waals surface area contributed by atoms with E-state index in [2.05, 4.69) is 0 Å². The van der Waals surface area contributed by atoms with E-state index in [1.54, 1.807) is 6.92 Å².